The highest BCUT2D eigenvalue weighted by Crippen LogP contribution is 2.71. The van der Waals surface area contributed by atoms with Crippen LogP contribution in [0.2, 0.25) is 0 Å². The maximum absolute atomic E-state index is 10.3. The van der Waals surface area contributed by atoms with Crippen molar-refractivity contribution in [3.63, 3.8) is 0 Å². The van der Waals surface area contributed by atoms with E-state index in [-0.39, 0.29) is 6.10 Å². The number of hydrogen-bond acceptors (Lipinski definition) is 1. The summed E-state index contributed by atoms with van der Waals surface area (Å²) in [5.41, 5.74) is 3.17. The Kier molecular flexibility index (Phi) is 5.33. The summed E-state index contributed by atoms with van der Waals surface area (Å²) >= 11 is 0. The van der Waals surface area contributed by atoms with Gasteiger partial charge in [0.1, 0.15) is 0 Å². The first-order valence-electron chi connectivity index (χ1n) is 13.9. The molecule has 176 valence electrons. The van der Waals surface area contributed by atoms with Gasteiger partial charge in [-0.1, -0.05) is 60.1 Å². The summed E-state index contributed by atoms with van der Waals surface area (Å²) in [6.07, 6.45) is 14.4. The van der Waals surface area contributed by atoms with Crippen molar-refractivity contribution >= 4 is 0 Å². The van der Waals surface area contributed by atoms with Gasteiger partial charge in [-0.3, -0.25) is 0 Å². The van der Waals surface area contributed by atoms with Crippen LogP contribution in [0.1, 0.15) is 106 Å². The molecule has 31 heavy (non-hydrogen) atoms. The minimum Gasteiger partial charge on any atom is -0.393 e. The van der Waals surface area contributed by atoms with E-state index in [0.29, 0.717) is 16.2 Å². The van der Waals surface area contributed by atoms with Crippen molar-refractivity contribution in [3.05, 3.63) is 11.6 Å². The summed E-state index contributed by atoms with van der Waals surface area (Å²) in [5.74, 6) is 7.17. The Morgan fingerprint density at radius 1 is 0.903 bits per heavy atom. The summed E-state index contributed by atoms with van der Waals surface area (Å²) in [7, 11) is 0. The predicted molar refractivity (Wildman–Crippen MR) is 131 cm³/mol. The molecule has 1 nitrogen and oxygen atoms in total. The van der Waals surface area contributed by atoms with Crippen molar-refractivity contribution < 1.29 is 5.11 Å². The van der Waals surface area contributed by atoms with E-state index >= 15 is 0 Å². The summed E-state index contributed by atoms with van der Waals surface area (Å²) < 4.78 is 0. The van der Waals surface area contributed by atoms with Crippen molar-refractivity contribution in [3.8, 4) is 0 Å². The molecule has 5 rings (SSSR count). The molecule has 0 bridgehead atoms. The largest absolute Gasteiger partial charge is 0.393 e. The standard InChI is InChI=1S/C30H50O/c1-18(2)20(4)30(7)17-27(30)19(3)24-10-11-25-23-9-8-21-16-22(31)12-14-28(21,5)26(23)13-15-29(24,25)6/h8,18-20,22-27,31H,9-17H2,1-7H3/t19-,20+,22-,23?,24+,25?,26?,27-,28-,29+,30-/m0/s1. The lowest BCUT2D eigenvalue weighted by Gasteiger charge is -2.58. The normalized spacial score (nSPS) is 53.3. The fraction of sp³-hybridized carbons (Fsp3) is 0.933. The van der Waals surface area contributed by atoms with E-state index in [9.17, 15) is 5.11 Å². The second-order valence-corrected chi connectivity index (χ2v) is 14.1. The molecule has 1 N–H and O–H groups in total. The zero-order valence-corrected chi connectivity index (χ0v) is 21.6. The van der Waals surface area contributed by atoms with Gasteiger partial charge in [0.25, 0.3) is 0 Å². The Morgan fingerprint density at radius 3 is 2.35 bits per heavy atom. The third kappa shape index (κ3) is 3.18. The average Bonchev–Trinajstić information content (AvgIpc) is 3.29. The highest BCUT2D eigenvalue weighted by atomic mass is 16.3. The van der Waals surface area contributed by atoms with Crippen LogP contribution in [-0.2, 0) is 0 Å². The number of fused-ring (bicyclic) bond motifs is 5. The molecule has 3 unspecified atom stereocenters. The van der Waals surface area contributed by atoms with Crippen molar-refractivity contribution in [2.24, 2.45) is 63.6 Å². The first-order valence-corrected chi connectivity index (χ1v) is 13.9. The Labute approximate surface area is 192 Å². The summed E-state index contributed by atoms with van der Waals surface area (Å²) in [6.45, 7) is 17.9. The lowest BCUT2D eigenvalue weighted by atomic mass is 9.47. The summed E-state index contributed by atoms with van der Waals surface area (Å²) in [5, 5.41) is 10.3. The molecular weight excluding hydrogens is 376 g/mol. The molecule has 0 saturated heterocycles. The Bertz CT molecular complexity index is 737. The van der Waals surface area contributed by atoms with Gasteiger partial charge in [-0.25, -0.2) is 0 Å². The molecule has 0 aliphatic heterocycles. The van der Waals surface area contributed by atoms with Crippen LogP contribution < -0.4 is 0 Å². The molecule has 0 radical (unpaired) electrons. The van der Waals surface area contributed by atoms with E-state index in [1.54, 1.807) is 5.57 Å². The third-order valence-corrected chi connectivity index (χ3v) is 12.8. The van der Waals surface area contributed by atoms with E-state index in [4.69, 9.17) is 0 Å². The lowest BCUT2D eigenvalue weighted by molar-refractivity contribution is -0.0592. The fourth-order valence-corrected chi connectivity index (χ4v) is 10.3. The van der Waals surface area contributed by atoms with E-state index in [1.165, 1.54) is 44.9 Å². The van der Waals surface area contributed by atoms with Crippen molar-refractivity contribution in [1.29, 1.82) is 0 Å². The zero-order chi connectivity index (χ0) is 22.3. The van der Waals surface area contributed by atoms with Gasteiger partial charge in [-0.15, -0.1) is 0 Å². The minimum absolute atomic E-state index is 0.0810. The van der Waals surface area contributed by atoms with Crippen LogP contribution in [0.25, 0.3) is 0 Å². The van der Waals surface area contributed by atoms with Crippen LogP contribution in [-0.4, -0.2) is 11.2 Å². The third-order valence-electron chi connectivity index (χ3n) is 12.8. The maximum Gasteiger partial charge on any atom is 0.0577 e. The van der Waals surface area contributed by atoms with Crippen LogP contribution in [0.3, 0.4) is 0 Å². The first kappa shape index (κ1) is 22.5. The molecule has 0 aromatic carbocycles. The van der Waals surface area contributed by atoms with Gasteiger partial charge in [-0.2, -0.15) is 0 Å². The van der Waals surface area contributed by atoms with Gasteiger partial charge in [0, 0.05) is 0 Å². The van der Waals surface area contributed by atoms with Crippen LogP contribution in [0, 0.1) is 63.6 Å². The Morgan fingerprint density at radius 2 is 1.65 bits per heavy atom. The molecule has 0 heterocycles. The molecule has 11 atom stereocenters. The molecule has 0 aromatic rings. The van der Waals surface area contributed by atoms with Gasteiger partial charge < -0.3 is 5.11 Å². The molecule has 0 amide bonds. The van der Waals surface area contributed by atoms with Crippen molar-refractivity contribution in [1.82, 2.24) is 0 Å². The van der Waals surface area contributed by atoms with Crippen LogP contribution in [0.4, 0.5) is 0 Å². The Balaban J connectivity index is 1.35. The summed E-state index contributed by atoms with van der Waals surface area (Å²) in [4.78, 5) is 0. The van der Waals surface area contributed by atoms with Gasteiger partial charge in [0.2, 0.25) is 0 Å². The van der Waals surface area contributed by atoms with Gasteiger partial charge in [-0.05, 0) is 121 Å². The van der Waals surface area contributed by atoms with E-state index < -0.39 is 0 Å². The van der Waals surface area contributed by atoms with Crippen molar-refractivity contribution in [2.75, 3.05) is 0 Å². The van der Waals surface area contributed by atoms with E-state index in [0.717, 1.165) is 60.2 Å². The molecule has 4 saturated carbocycles. The molecule has 0 aromatic heterocycles. The molecule has 1 heteroatoms. The highest BCUT2D eigenvalue weighted by Gasteiger charge is 2.63. The molecular formula is C30H50O. The number of hydrogen-bond donors (Lipinski definition) is 1. The maximum atomic E-state index is 10.3. The monoisotopic (exact) mass is 426 g/mol. The van der Waals surface area contributed by atoms with Gasteiger partial charge >= 0.3 is 0 Å². The highest BCUT2D eigenvalue weighted by molar-refractivity contribution is 5.25. The first-order chi connectivity index (χ1) is 14.5. The smallest absolute Gasteiger partial charge is 0.0577 e. The second-order valence-electron chi connectivity index (χ2n) is 14.1. The number of aliphatic hydroxyl groups excluding tert-OH is 1. The number of rotatable bonds is 4. The second kappa shape index (κ2) is 7.35. The topological polar surface area (TPSA) is 20.2 Å². The van der Waals surface area contributed by atoms with Crippen LogP contribution in [0.15, 0.2) is 11.6 Å². The fourth-order valence-electron chi connectivity index (χ4n) is 10.3. The van der Waals surface area contributed by atoms with Crippen LogP contribution >= 0.6 is 0 Å². The lowest BCUT2D eigenvalue weighted by Crippen LogP contribution is -2.51. The zero-order valence-electron chi connectivity index (χ0n) is 21.6. The quantitative estimate of drug-likeness (QED) is 0.453. The van der Waals surface area contributed by atoms with Gasteiger partial charge in [0.05, 0.1) is 6.10 Å². The predicted octanol–water partition coefficient (Wildman–Crippen LogP) is 7.88. The molecule has 4 fully saturated rings. The van der Waals surface area contributed by atoms with E-state index in [2.05, 4.69) is 54.5 Å². The Hall–Kier alpha value is -0.300. The number of aliphatic hydroxyl groups is 1. The molecule has 5 aliphatic carbocycles. The summed E-state index contributed by atoms with van der Waals surface area (Å²) in [6, 6.07) is 0. The van der Waals surface area contributed by atoms with Crippen molar-refractivity contribution in [2.45, 2.75) is 112 Å². The number of allylic oxidation sites excluding steroid dienone is 1. The van der Waals surface area contributed by atoms with Gasteiger partial charge in [0.15, 0.2) is 0 Å². The van der Waals surface area contributed by atoms with E-state index in [1.807, 2.05) is 0 Å². The molecule has 5 aliphatic rings. The van der Waals surface area contributed by atoms with Crippen LogP contribution in [0.5, 0.6) is 0 Å². The SMILES string of the molecule is CC(C)[C@@H](C)[C@]1(C)C[C@H]1[C@@H](C)[C@H]1CCC2C3CC=C4C[C@@H](O)CC[C@]4(C)C3CC[C@@]21C. The average molecular weight is 427 g/mol. The minimum atomic E-state index is -0.0810. The molecule has 0 spiro atoms.